The third kappa shape index (κ3) is 2.52. The topological polar surface area (TPSA) is 12.5 Å². The molecule has 0 aromatic heterocycles. The Balaban J connectivity index is 3.63. The predicted octanol–water partition coefficient (Wildman–Crippen LogP) is 0.557. The van der Waals surface area contributed by atoms with E-state index >= 15 is 0 Å². The van der Waals surface area contributed by atoms with E-state index in [0.717, 1.165) is 0 Å². The number of halogens is 1. The molecule has 1 fully saturated rings. The van der Waals surface area contributed by atoms with Gasteiger partial charge in [0.1, 0.15) is 0 Å². The smallest absolute Gasteiger partial charge is 0.0594 e. The van der Waals surface area contributed by atoms with Crippen LogP contribution in [0.3, 0.4) is 0 Å². The standard InChI is InChI=1S/C6H12ClNO/c7-1-2-8-3-5-9-6-4-8/h1-6H2/i1D2,2D2,3D2,4D2,5D2,6D2. The second-order valence-electron chi connectivity index (χ2n) is 1.07. The molecular formula is C6H12ClNO. The van der Waals surface area contributed by atoms with Crippen molar-refractivity contribution in [2.24, 2.45) is 0 Å². The highest BCUT2D eigenvalue weighted by molar-refractivity contribution is 6.18. The van der Waals surface area contributed by atoms with Gasteiger partial charge in [-0.1, -0.05) is 0 Å². The van der Waals surface area contributed by atoms with Gasteiger partial charge in [0.25, 0.3) is 0 Å². The first-order valence-corrected chi connectivity index (χ1v) is 2.40. The minimum absolute atomic E-state index is 0.538. The van der Waals surface area contributed by atoms with Crippen LogP contribution in [0.25, 0.3) is 0 Å². The number of hydrogen-bond donors (Lipinski definition) is 0. The van der Waals surface area contributed by atoms with Gasteiger partial charge in [-0.25, -0.2) is 0 Å². The van der Waals surface area contributed by atoms with Crippen LogP contribution in [0.2, 0.25) is 0 Å². The predicted molar refractivity (Wildman–Crippen MR) is 38.0 cm³/mol. The van der Waals surface area contributed by atoms with Gasteiger partial charge in [-0.2, -0.15) is 0 Å². The zero-order valence-electron chi connectivity index (χ0n) is 16.2. The number of alkyl halides is 1. The largest absolute Gasteiger partial charge is 0.379 e. The number of morpholine rings is 1. The minimum Gasteiger partial charge on any atom is -0.379 e. The molecule has 2 nitrogen and oxygen atoms in total. The Morgan fingerprint density at radius 2 is 2.33 bits per heavy atom. The zero-order valence-corrected chi connectivity index (χ0v) is 4.99. The summed E-state index contributed by atoms with van der Waals surface area (Å²) in [5.74, 6) is -3.34. The highest BCUT2D eigenvalue weighted by Gasteiger charge is 2.07. The van der Waals surface area contributed by atoms with Gasteiger partial charge in [0.05, 0.1) is 18.6 Å². The normalized spacial score (nSPS) is 67.7. The molecular weight excluding hydrogens is 138 g/mol. The maximum Gasteiger partial charge on any atom is 0.0594 e. The highest BCUT2D eigenvalue weighted by Crippen LogP contribution is 1.95. The van der Waals surface area contributed by atoms with Gasteiger partial charge in [0.15, 0.2) is 0 Å². The second-order valence-corrected chi connectivity index (χ2v) is 1.26. The molecule has 0 radical (unpaired) electrons. The van der Waals surface area contributed by atoms with Crippen LogP contribution >= 0.6 is 11.6 Å². The first-order chi connectivity index (χ1) is 8.82. The van der Waals surface area contributed by atoms with Crippen molar-refractivity contribution in [2.75, 3.05) is 38.4 Å². The first kappa shape index (κ1) is 1.38. The highest BCUT2D eigenvalue weighted by atomic mass is 35.5. The molecule has 1 aliphatic heterocycles. The van der Waals surface area contributed by atoms with Crippen LogP contribution in [-0.4, -0.2) is 43.3 Å². The van der Waals surface area contributed by atoms with Crippen molar-refractivity contribution in [3.63, 3.8) is 0 Å². The Morgan fingerprint density at radius 1 is 1.67 bits per heavy atom. The molecule has 1 heterocycles. The fourth-order valence-electron chi connectivity index (χ4n) is 0.289. The lowest BCUT2D eigenvalue weighted by molar-refractivity contribution is 0.0408. The molecule has 0 spiro atoms. The van der Waals surface area contributed by atoms with Crippen LogP contribution in [0.1, 0.15) is 16.4 Å². The molecule has 0 amide bonds. The van der Waals surface area contributed by atoms with E-state index in [0.29, 0.717) is 0 Å². The molecule has 0 saturated carbocycles. The molecule has 0 aromatic carbocycles. The number of hydrogen-bond acceptors (Lipinski definition) is 2. The van der Waals surface area contributed by atoms with Crippen molar-refractivity contribution in [1.29, 1.82) is 0 Å². The first-order valence-electron chi connectivity index (χ1n) is 8.02. The third-order valence-corrected chi connectivity index (χ3v) is 0.656. The van der Waals surface area contributed by atoms with E-state index in [-0.39, 0.29) is 0 Å². The number of nitrogens with zero attached hydrogens (tertiary/aromatic N) is 1. The van der Waals surface area contributed by atoms with Gasteiger partial charge >= 0.3 is 0 Å². The second kappa shape index (κ2) is 4.09. The van der Waals surface area contributed by atoms with E-state index in [1.165, 1.54) is 0 Å². The van der Waals surface area contributed by atoms with E-state index in [1.54, 1.807) is 0 Å². The molecule has 1 aliphatic rings. The Kier molecular flexibility index (Phi) is 0.628. The van der Waals surface area contributed by atoms with Crippen molar-refractivity contribution >= 4 is 11.6 Å². The Morgan fingerprint density at radius 3 is 2.89 bits per heavy atom. The zero-order chi connectivity index (χ0) is 17.3. The summed E-state index contributed by atoms with van der Waals surface area (Å²) < 4.78 is 93.4. The average molecular weight is 162 g/mol. The molecule has 0 N–H and O–H groups in total. The monoisotopic (exact) mass is 161 g/mol. The molecule has 3 heteroatoms. The third-order valence-electron chi connectivity index (χ3n) is 0.571. The Labute approximate surface area is 77.6 Å². The van der Waals surface area contributed by atoms with Crippen LogP contribution in [0.15, 0.2) is 0 Å². The molecule has 0 bridgehead atoms. The van der Waals surface area contributed by atoms with Gasteiger partial charge < -0.3 is 4.74 Å². The van der Waals surface area contributed by atoms with Crippen LogP contribution < -0.4 is 0 Å². The molecule has 9 heavy (non-hydrogen) atoms. The van der Waals surface area contributed by atoms with Crippen molar-refractivity contribution in [3.05, 3.63) is 0 Å². The molecule has 1 saturated heterocycles. The van der Waals surface area contributed by atoms with Crippen molar-refractivity contribution in [2.45, 2.75) is 0 Å². The van der Waals surface area contributed by atoms with E-state index in [1.807, 2.05) is 0 Å². The summed E-state index contributed by atoms with van der Waals surface area (Å²) in [6.07, 6.45) is 0. The lowest BCUT2D eigenvalue weighted by Gasteiger charge is -2.25. The molecule has 0 unspecified atom stereocenters. The van der Waals surface area contributed by atoms with Gasteiger partial charge in [-0.15, -0.1) is 11.6 Å². The maximum atomic E-state index is 7.57. The average Bonchev–Trinajstić information content (AvgIpc) is 2.09. The van der Waals surface area contributed by atoms with E-state index in [9.17, 15) is 0 Å². The SMILES string of the molecule is [2H]C([2H])(Cl)C([2H])([2H])N1C([2H])([2H])C([2H])([2H])OC([2H])([2H])C1([2H])[2H]. The summed E-state index contributed by atoms with van der Waals surface area (Å²) in [6, 6.07) is 0. The van der Waals surface area contributed by atoms with Crippen LogP contribution in [0.4, 0.5) is 0 Å². The van der Waals surface area contributed by atoms with Crippen molar-refractivity contribution < 1.29 is 21.2 Å². The lowest BCUT2D eigenvalue weighted by atomic mass is 10.4. The minimum atomic E-state index is -3.59. The van der Waals surface area contributed by atoms with Crippen LogP contribution in [-0.2, 0) is 4.74 Å². The van der Waals surface area contributed by atoms with Crippen molar-refractivity contribution in [1.82, 2.24) is 4.90 Å². The fourth-order valence-corrected chi connectivity index (χ4v) is 0.373. The van der Waals surface area contributed by atoms with Gasteiger partial charge in [-0.3, -0.25) is 4.90 Å². The van der Waals surface area contributed by atoms with Gasteiger partial charge in [0, 0.05) is 36.3 Å². The summed E-state index contributed by atoms with van der Waals surface area (Å²) in [6.45, 7) is -17.6. The van der Waals surface area contributed by atoms with Crippen LogP contribution in [0, 0.1) is 0 Å². The summed E-state index contributed by atoms with van der Waals surface area (Å²) in [5.41, 5.74) is 0. The summed E-state index contributed by atoms with van der Waals surface area (Å²) in [5, 5.41) is 0. The molecule has 0 atom stereocenters. The maximum absolute atomic E-state index is 7.57. The van der Waals surface area contributed by atoms with E-state index in [4.69, 9.17) is 28.1 Å². The molecule has 0 aromatic rings. The fraction of sp³-hybridized carbons (Fsp3) is 1.00. The number of rotatable bonds is 2. The Hall–Kier alpha value is 0.210. The number of ether oxygens (including phenoxy) is 1. The summed E-state index contributed by atoms with van der Waals surface area (Å²) >= 11 is 5.20. The lowest BCUT2D eigenvalue weighted by Crippen LogP contribution is -2.37. The van der Waals surface area contributed by atoms with E-state index in [2.05, 4.69) is 4.74 Å². The van der Waals surface area contributed by atoms with Gasteiger partial charge in [0.2, 0.25) is 0 Å². The van der Waals surface area contributed by atoms with Crippen LogP contribution in [0.5, 0.6) is 0 Å². The molecule has 0 aliphatic carbocycles. The molecule has 54 valence electrons. The Bertz CT molecular complexity index is 393. The van der Waals surface area contributed by atoms with Gasteiger partial charge in [-0.05, 0) is 0 Å². The van der Waals surface area contributed by atoms with Crippen molar-refractivity contribution in [3.8, 4) is 0 Å². The summed E-state index contributed by atoms with van der Waals surface area (Å²) in [4.78, 5) is -0.538. The summed E-state index contributed by atoms with van der Waals surface area (Å²) in [7, 11) is 0. The molecule has 1 rings (SSSR count). The quantitative estimate of drug-likeness (QED) is 0.549. The van der Waals surface area contributed by atoms with E-state index < -0.39 is 43.3 Å².